The average Bonchev–Trinajstić information content (AvgIpc) is 3.61. The summed E-state index contributed by atoms with van der Waals surface area (Å²) in [4.78, 5) is 21.2. The highest BCUT2D eigenvalue weighted by molar-refractivity contribution is 5.89. The number of H-pyrrole nitrogens is 1. The number of fused-ring (bicyclic) bond motifs is 1. The zero-order valence-corrected chi connectivity index (χ0v) is 22.2. The summed E-state index contributed by atoms with van der Waals surface area (Å²) in [5, 5.41) is 15.1. The second-order valence-electron chi connectivity index (χ2n) is 10.9. The van der Waals surface area contributed by atoms with Crippen molar-refractivity contribution in [3.05, 3.63) is 48.6 Å². The van der Waals surface area contributed by atoms with Crippen LogP contribution in [-0.2, 0) is 19.3 Å². The quantitative estimate of drug-likeness (QED) is 0.326. The minimum absolute atomic E-state index is 0.0853. The van der Waals surface area contributed by atoms with Crippen LogP contribution in [0.3, 0.4) is 0 Å². The molecule has 0 amide bonds. The number of piperidine rings is 1. The Balaban J connectivity index is 1.05. The Morgan fingerprint density at radius 3 is 2.73 bits per heavy atom. The first-order chi connectivity index (χ1) is 19.7. The number of hydrogen-bond acceptors (Lipinski definition) is 9. The molecular formula is C27H29F3N10O. The molecule has 0 radical (unpaired) electrons. The van der Waals surface area contributed by atoms with Crippen LogP contribution in [0, 0.1) is 16.7 Å². The molecule has 6 rings (SSSR count). The molecule has 4 aromatic heterocycles. The number of ether oxygens (including phenoxy) is 1. The highest BCUT2D eigenvalue weighted by Gasteiger charge is 2.47. The molecule has 5 heterocycles. The molecule has 1 saturated carbocycles. The van der Waals surface area contributed by atoms with Gasteiger partial charge in [0, 0.05) is 73.5 Å². The Kier molecular flexibility index (Phi) is 7.08. The third-order valence-corrected chi connectivity index (χ3v) is 8.05. The molecule has 1 aliphatic carbocycles. The standard InChI is InChI=1S/C27H29F3N10O/c28-27(29,30)25-37-18(12-32)9-22(38-25)41-20-2-7-39(8-3-20)19-10-26(11-19,4-5-31)15-40-14-17(13-36-40)23-21-1-6-33-24(21)35-16-34-23/h1,6,9,13-14,16,19-20H,2-4,7-8,10-12,15,32H2,(H,33,34,35). The van der Waals surface area contributed by atoms with Crippen molar-refractivity contribution in [1.29, 1.82) is 5.26 Å². The topological polar surface area (TPSA) is 147 Å². The molecule has 0 aromatic carbocycles. The van der Waals surface area contributed by atoms with Gasteiger partial charge < -0.3 is 20.4 Å². The maximum atomic E-state index is 13.2. The van der Waals surface area contributed by atoms with Gasteiger partial charge in [-0.25, -0.2) is 15.0 Å². The molecule has 0 unspecified atom stereocenters. The second kappa shape index (κ2) is 10.7. The monoisotopic (exact) mass is 566 g/mol. The summed E-state index contributed by atoms with van der Waals surface area (Å²) in [7, 11) is 0. The van der Waals surface area contributed by atoms with Crippen molar-refractivity contribution in [2.24, 2.45) is 11.1 Å². The molecule has 0 spiro atoms. The van der Waals surface area contributed by atoms with Gasteiger partial charge in [0.1, 0.15) is 18.1 Å². The van der Waals surface area contributed by atoms with Crippen LogP contribution in [0.4, 0.5) is 13.2 Å². The van der Waals surface area contributed by atoms with Crippen molar-refractivity contribution in [3.8, 4) is 23.2 Å². The molecule has 3 N–H and O–H groups in total. The normalized spacial score (nSPS) is 22.0. The highest BCUT2D eigenvalue weighted by atomic mass is 19.4. The summed E-state index contributed by atoms with van der Waals surface area (Å²) in [6.45, 7) is 2.01. The molecule has 0 bridgehead atoms. The highest BCUT2D eigenvalue weighted by Crippen LogP contribution is 2.48. The zero-order valence-electron chi connectivity index (χ0n) is 22.2. The fourth-order valence-corrected chi connectivity index (χ4v) is 6.01. The van der Waals surface area contributed by atoms with E-state index in [1.165, 1.54) is 12.4 Å². The molecule has 4 aromatic rings. The lowest BCUT2D eigenvalue weighted by Crippen LogP contribution is -2.55. The fourth-order valence-electron chi connectivity index (χ4n) is 6.01. The predicted octanol–water partition coefficient (Wildman–Crippen LogP) is 3.69. The van der Waals surface area contributed by atoms with Gasteiger partial charge in [0.15, 0.2) is 0 Å². The fraction of sp³-hybridized carbons (Fsp3) is 0.481. The van der Waals surface area contributed by atoms with E-state index < -0.39 is 12.0 Å². The van der Waals surface area contributed by atoms with Gasteiger partial charge in [0.25, 0.3) is 0 Å². The third-order valence-electron chi connectivity index (χ3n) is 8.05. The Morgan fingerprint density at radius 2 is 2.00 bits per heavy atom. The van der Waals surface area contributed by atoms with E-state index in [9.17, 15) is 18.4 Å². The number of aromatic nitrogens is 7. The number of likely N-dealkylation sites (tertiary alicyclic amines) is 1. The molecule has 41 heavy (non-hydrogen) atoms. The largest absolute Gasteiger partial charge is 0.474 e. The summed E-state index contributed by atoms with van der Waals surface area (Å²) < 4.78 is 47.2. The third kappa shape index (κ3) is 5.59. The van der Waals surface area contributed by atoms with E-state index in [1.807, 2.05) is 23.1 Å². The number of aromatic amines is 1. The molecule has 0 atom stereocenters. The Bertz CT molecular complexity index is 1560. The smallest absolute Gasteiger partial charge is 0.451 e. The number of nitrogens with one attached hydrogen (secondary N) is 1. The second-order valence-corrected chi connectivity index (χ2v) is 10.9. The number of nitrogens with two attached hydrogens (primary N) is 1. The van der Waals surface area contributed by atoms with Crippen LogP contribution in [0.5, 0.6) is 5.88 Å². The first kappa shape index (κ1) is 27.1. The van der Waals surface area contributed by atoms with Crippen molar-refractivity contribution >= 4 is 11.0 Å². The Morgan fingerprint density at radius 1 is 1.20 bits per heavy atom. The lowest BCUT2D eigenvalue weighted by molar-refractivity contribution is -0.145. The maximum absolute atomic E-state index is 13.2. The molecule has 1 aliphatic heterocycles. The number of nitrogens with zero attached hydrogens (tertiary/aromatic N) is 8. The van der Waals surface area contributed by atoms with E-state index >= 15 is 0 Å². The number of alkyl halides is 3. The summed E-state index contributed by atoms with van der Waals surface area (Å²) >= 11 is 0. The van der Waals surface area contributed by atoms with E-state index in [0.717, 1.165) is 48.2 Å². The molecule has 14 heteroatoms. The first-order valence-corrected chi connectivity index (χ1v) is 13.5. The zero-order chi connectivity index (χ0) is 28.6. The molecular weight excluding hydrogens is 537 g/mol. The van der Waals surface area contributed by atoms with Gasteiger partial charge in [-0.05, 0) is 31.7 Å². The molecule has 2 aliphatic rings. The van der Waals surface area contributed by atoms with E-state index in [2.05, 4.69) is 41.0 Å². The van der Waals surface area contributed by atoms with E-state index in [-0.39, 0.29) is 29.6 Å². The van der Waals surface area contributed by atoms with Crippen molar-refractivity contribution in [2.45, 2.75) is 63.5 Å². The first-order valence-electron chi connectivity index (χ1n) is 13.5. The Labute approximate surface area is 233 Å². The average molecular weight is 567 g/mol. The van der Waals surface area contributed by atoms with Crippen LogP contribution in [0.15, 0.2) is 37.1 Å². The lowest BCUT2D eigenvalue weighted by atomic mass is 9.63. The SMILES string of the molecule is N#CCC1(Cn2cc(-c3ncnc4[nH]ccc34)cn2)CC(N2CCC(Oc3cc(CN)nc(C(F)(F)F)n3)CC2)C1. The van der Waals surface area contributed by atoms with Gasteiger partial charge in [-0.2, -0.15) is 28.5 Å². The van der Waals surface area contributed by atoms with Crippen molar-refractivity contribution in [1.82, 2.24) is 39.6 Å². The minimum Gasteiger partial charge on any atom is -0.474 e. The summed E-state index contributed by atoms with van der Waals surface area (Å²) in [6.07, 6.45) is 5.72. The van der Waals surface area contributed by atoms with Gasteiger partial charge in [0.2, 0.25) is 11.7 Å². The van der Waals surface area contributed by atoms with Gasteiger partial charge in [-0.15, -0.1) is 0 Å². The summed E-state index contributed by atoms with van der Waals surface area (Å²) in [5.41, 5.74) is 7.91. The van der Waals surface area contributed by atoms with Gasteiger partial charge in [-0.1, -0.05) is 0 Å². The summed E-state index contributed by atoms with van der Waals surface area (Å²) in [6, 6.07) is 6.01. The Hall–Kier alpha value is -4.09. The van der Waals surface area contributed by atoms with E-state index in [4.69, 9.17) is 10.5 Å². The van der Waals surface area contributed by atoms with Crippen LogP contribution in [-0.4, -0.2) is 64.8 Å². The number of rotatable bonds is 8. The minimum atomic E-state index is -4.67. The van der Waals surface area contributed by atoms with Gasteiger partial charge >= 0.3 is 6.18 Å². The summed E-state index contributed by atoms with van der Waals surface area (Å²) in [5.74, 6) is -1.34. The van der Waals surface area contributed by atoms with E-state index in [1.54, 1.807) is 6.20 Å². The van der Waals surface area contributed by atoms with E-state index in [0.29, 0.717) is 31.8 Å². The van der Waals surface area contributed by atoms with Crippen molar-refractivity contribution in [3.63, 3.8) is 0 Å². The molecule has 214 valence electrons. The maximum Gasteiger partial charge on any atom is 0.451 e. The van der Waals surface area contributed by atoms with Gasteiger partial charge in [0.05, 0.1) is 23.7 Å². The molecule has 1 saturated heterocycles. The number of hydrogen-bond donors (Lipinski definition) is 2. The van der Waals surface area contributed by atoms with Crippen LogP contribution in [0.2, 0.25) is 0 Å². The number of halogens is 3. The van der Waals surface area contributed by atoms with Crippen LogP contribution in [0.25, 0.3) is 22.3 Å². The van der Waals surface area contributed by atoms with Crippen LogP contribution in [0.1, 0.15) is 43.6 Å². The molecule has 2 fully saturated rings. The van der Waals surface area contributed by atoms with Crippen LogP contribution < -0.4 is 10.5 Å². The van der Waals surface area contributed by atoms with Crippen LogP contribution >= 0.6 is 0 Å². The van der Waals surface area contributed by atoms with Crippen molar-refractivity contribution < 1.29 is 17.9 Å². The predicted molar refractivity (Wildman–Crippen MR) is 141 cm³/mol. The van der Waals surface area contributed by atoms with Crippen molar-refractivity contribution in [2.75, 3.05) is 13.1 Å². The lowest BCUT2D eigenvalue weighted by Gasteiger charge is -2.52. The number of nitriles is 1. The molecule has 11 nitrogen and oxygen atoms in total. The van der Waals surface area contributed by atoms with Gasteiger partial charge in [-0.3, -0.25) is 4.68 Å².